The fourth-order valence-electron chi connectivity index (χ4n) is 6.18. The van der Waals surface area contributed by atoms with Gasteiger partial charge in [-0.3, -0.25) is 9.52 Å². The number of rotatable bonds is 6. The summed E-state index contributed by atoms with van der Waals surface area (Å²) in [4.78, 5) is 27.7. The molecule has 2 atom stereocenters. The van der Waals surface area contributed by atoms with Crippen molar-refractivity contribution in [3.8, 4) is 11.5 Å². The normalized spacial score (nSPS) is 23.9. The van der Waals surface area contributed by atoms with Crippen LogP contribution in [-0.2, 0) is 19.6 Å². The van der Waals surface area contributed by atoms with Crippen LogP contribution in [0.5, 0.6) is 11.5 Å². The van der Waals surface area contributed by atoms with E-state index in [9.17, 15) is 18.0 Å². The van der Waals surface area contributed by atoms with Gasteiger partial charge in [-0.15, -0.1) is 0 Å². The van der Waals surface area contributed by atoms with Crippen LogP contribution < -0.4 is 14.2 Å². The Morgan fingerprint density at radius 2 is 1.78 bits per heavy atom. The Hall–Kier alpha value is -3.27. The van der Waals surface area contributed by atoms with Crippen LogP contribution in [0.1, 0.15) is 50.4 Å². The summed E-state index contributed by atoms with van der Waals surface area (Å²) in [5, 5.41) is 0. The molecule has 3 aliphatic rings. The van der Waals surface area contributed by atoms with Crippen molar-refractivity contribution < 1.29 is 32.2 Å². The highest BCUT2D eigenvalue weighted by Crippen LogP contribution is 2.52. The molecule has 2 fully saturated rings. The number of nitrogens with one attached hydrogen (secondary N) is 1. The van der Waals surface area contributed by atoms with Crippen molar-refractivity contribution >= 4 is 27.6 Å². The first-order valence-corrected chi connectivity index (χ1v) is 13.9. The molecule has 1 aliphatic carbocycles. The van der Waals surface area contributed by atoms with E-state index in [1.165, 1.54) is 30.3 Å². The number of fused-ring (bicyclic) bond motifs is 3. The summed E-state index contributed by atoms with van der Waals surface area (Å²) in [7, 11) is -4.04. The molecule has 9 nitrogen and oxygen atoms in total. The number of amides is 1. The number of hydrogen-bond acceptors (Lipinski definition) is 7. The molecule has 2 unspecified atom stereocenters. The van der Waals surface area contributed by atoms with E-state index in [1.807, 2.05) is 4.90 Å². The molecule has 2 aromatic rings. The van der Waals surface area contributed by atoms with Crippen LogP contribution in [0.4, 0.5) is 5.69 Å². The maximum atomic E-state index is 13.1. The SMILES string of the molecule is CC1(C)CC2CC(C)(CN2C(=O)COC(=O)c2ccccc2NS(=O)(=O)c2ccc3c(c2)OCCO3)C1. The summed E-state index contributed by atoms with van der Waals surface area (Å²) < 4.78 is 44.9. The lowest BCUT2D eigenvalue weighted by atomic mass is 9.65. The number of sulfonamides is 1. The lowest BCUT2D eigenvalue weighted by molar-refractivity contribution is -0.135. The quantitative estimate of drug-likeness (QED) is 0.567. The van der Waals surface area contributed by atoms with Gasteiger partial charge in [-0.2, -0.15) is 0 Å². The number of ether oxygens (including phenoxy) is 3. The molecule has 10 heteroatoms. The third-order valence-electron chi connectivity index (χ3n) is 7.28. The van der Waals surface area contributed by atoms with Crippen molar-refractivity contribution in [2.45, 2.75) is 51.0 Å². The fraction of sp³-hybridized carbons (Fsp3) is 0.481. The lowest BCUT2D eigenvalue weighted by Crippen LogP contribution is -2.39. The van der Waals surface area contributed by atoms with Crippen LogP contribution in [-0.4, -0.2) is 57.6 Å². The Labute approximate surface area is 217 Å². The van der Waals surface area contributed by atoms with E-state index in [1.54, 1.807) is 12.1 Å². The van der Waals surface area contributed by atoms with Gasteiger partial charge in [0.2, 0.25) is 0 Å². The number of anilines is 1. The number of para-hydroxylation sites is 1. The number of likely N-dealkylation sites (tertiary alicyclic amines) is 1. The Bertz CT molecular complexity index is 1340. The van der Waals surface area contributed by atoms with Crippen molar-refractivity contribution in [2.24, 2.45) is 10.8 Å². The van der Waals surface area contributed by atoms with E-state index < -0.39 is 22.6 Å². The summed E-state index contributed by atoms with van der Waals surface area (Å²) >= 11 is 0. The molecule has 1 amide bonds. The highest BCUT2D eigenvalue weighted by Gasteiger charge is 2.51. The predicted octanol–water partition coefficient (Wildman–Crippen LogP) is 3.84. The molecular formula is C27H32N2O7S. The van der Waals surface area contributed by atoms with Crippen LogP contribution in [0.15, 0.2) is 47.4 Å². The van der Waals surface area contributed by atoms with Gasteiger partial charge in [0.15, 0.2) is 18.1 Å². The topological polar surface area (TPSA) is 111 Å². The van der Waals surface area contributed by atoms with Gasteiger partial charge >= 0.3 is 5.97 Å². The Balaban J connectivity index is 1.27. The maximum Gasteiger partial charge on any atom is 0.340 e. The largest absolute Gasteiger partial charge is 0.486 e. The highest BCUT2D eigenvalue weighted by molar-refractivity contribution is 7.92. The molecule has 0 aromatic heterocycles. The van der Waals surface area contributed by atoms with Crippen molar-refractivity contribution in [3.05, 3.63) is 48.0 Å². The first-order valence-electron chi connectivity index (χ1n) is 12.4. The Morgan fingerprint density at radius 3 is 2.57 bits per heavy atom. The number of carbonyl (C=O) groups excluding carboxylic acids is 2. The second-order valence-electron chi connectivity index (χ2n) is 11.3. The van der Waals surface area contributed by atoms with E-state index >= 15 is 0 Å². The standard InChI is InChI=1S/C27H32N2O7S/c1-26(2)13-18-14-27(3,16-26)17-29(18)24(30)15-36-25(31)20-6-4-5-7-21(20)28-37(32,33)19-8-9-22-23(12-19)35-11-10-34-22/h4-9,12,18,28H,10-11,13-17H2,1-3H3. The molecule has 2 aliphatic heterocycles. The smallest absolute Gasteiger partial charge is 0.340 e. The average Bonchev–Trinajstić information content (AvgIpc) is 3.10. The van der Waals surface area contributed by atoms with E-state index in [2.05, 4.69) is 25.5 Å². The number of esters is 1. The minimum absolute atomic E-state index is 0.0182. The molecule has 1 saturated heterocycles. The highest BCUT2D eigenvalue weighted by atomic mass is 32.2. The molecule has 0 spiro atoms. The van der Waals surface area contributed by atoms with Gasteiger partial charge in [0.05, 0.1) is 16.1 Å². The summed E-state index contributed by atoms with van der Waals surface area (Å²) in [5.41, 5.74) is 0.312. The van der Waals surface area contributed by atoms with Crippen LogP contribution >= 0.6 is 0 Å². The fourth-order valence-corrected chi connectivity index (χ4v) is 7.28. The molecule has 5 rings (SSSR count). The molecule has 198 valence electrons. The first-order chi connectivity index (χ1) is 17.4. The maximum absolute atomic E-state index is 13.1. The molecule has 1 N–H and O–H groups in total. The zero-order valence-electron chi connectivity index (χ0n) is 21.3. The Kier molecular flexibility index (Phi) is 6.34. The molecule has 2 aromatic carbocycles. The molecule has 1 saturated carbocycles. The number of benzene rings is 2. The minimum atomic E-state index is -4.04. The van der Waals surface area contributed by atoms with Gasteiger partial charge in [0.25, 0.3) is 15.9 Å². The van der Waals surface area contributed by atoms with Gasteiger partial charge in [0.1, 0.15) is 13.2 Å². The molecule has 2 bridgehead atoms. The average molecular weight is 529 g/mol. The summed E-state index contributed by atoms with van der Waals surface area (Å²) in [6.45, 7) is 7.66. The molecule has 2 heterocycles. The lowest BCUT2D eigenvalue weighted by Gasteiger charge is -2.39. The Morgan fingerprint density at radius 1 is 1.05 bits per heavy atom. The number of nitrogens with zero attached hydrogens (tertiary/aromatic N) is 1. The molecule has 37 heavy (non-hydrogen) atoms. The third-order valence-corrected chi connectivity index (χ3v) is 8.64. The van der Waals surface area contributed by atoms with Crippen LogP contribution in [0.25, 0.3) is 0 Å². The molecule has 0 radical (unpaired) electrons. The molecular weight excluding hydrogens is 496 g/mol. The minimum Gasteiger partial charge on any atom is -0.486 e. The number of carbonyl (C=O) groups is 2. The predicted molar refractivity (Wildman–Crippen MR) is 136 cm³/mol. The van der Waals surface area contributed by atoms with Gasteiger partial charge < -0.3 is 19.1 Å². The van der Waals surface area contributed by atoms with Crippen LogP contribution in [0.2, 0.25) is 0 Å². The van der Waals surface area contributed by atoms with E-state index in [0.29, 0.717) is 31.3 Å². The van der Waals surface area contributed by atoms with Crippen LogP contribution in [0.3, 0.4) is 0 Å². The van der Waals surface area contributed by atoms with Crippen LogP contribution in [0, 0.1) is 10.8 Å². The van der Waals surface area contributed by atoms with Gasteiger partial charge in [0, 0.05) is 18.7 Å². The van der Waals surface area contributed by atoms with Gasteiger partial charge in [-0.05, 0) is 54.4 Å². The van der Waals surface area contributed by atoms with Gasteiger partial charge in [-0.1, -0.05) is 32.9 Å². The summed E-state index contributed by atoms with van der Waals surface area (Å²) in [5.74, 6) is -0.195. The second-order valence-corrected chi connectivity index (χ2v) is 13.0. The van der Waals surface area contributed by atoms with Gasteiger partial charge in [-0.25, -0.2) is 13.2 Å². The summed E-state index contributed by atoms with van der Waals surface area (Å²) in [6, 6.07) is 10.6. The zero-order chi connectivity index (χ0) is 26.4. The van der Waals surface area contributed by atoms with Crippen molar-refractivity contribution in [1.29, 1.82) is 0 Å². The van der Waals surface area contributed by atoms with E-state index in [4.69, 9.17) is 14.2 Å². The zero-order valence-corrected chi connectivity index (χ0v) is 22.1. The monoisotopic (exact) mass is 528 g/mol. The van der Waals surface area contributed by atoms with Crippen molar-refractivity contribution in [1.82, 2.24) is 4.90 Å². The third kappa shape index (κ3) is 5.25. The van der Waals surface area contributed by atoms with Crippen molar-refractivity contribution in [2.75, 3.05) is 31.1 Å². The second kappa shape index (κ2) is 9.24. The van der Waals surface area contributed by atoms with E-state index in [-0.39, 0.29) is 38.9 Å². The first kappa shape index (κ1) is 25.4. The summed E-state index contributed by atoms with van der Waals surface area (Å²) in [6.07, 6.45) is 2.93. The van der Waals surface area contributed by atoms with Crippen molar-refractivity contribution in [3.63, 3.8) is 0 Å². The van der Waals surface area contributed by atoms with E-state index in [0.717, 1.165) is 19.3 Å². The number of hydrogen-bond donors (Lipinski definition) is 1.